The van der Waals surface area contributed by atoms with Crippen LogP contribution < -0.4 is 0 Å². The van der Waals surface area contributed by atoms with E-state index >= 15 is 0 Å². The van der Waals surface area contributed by atoms with Crippen molar-refractivity contribution < 1.29 is 19.1 Å². The molecule has 0 unspecified atom stereocenters. The maximum Gasteiger partial charge on any atom is 0.339 e. The van der Waals surface area contributed by atoms with Crippen LogP contribution in [0.25, 0.3) is 0 Å². The van der Waals surface area contributed by atoms with E-state index in [0.717, 1.165) is 50.0 Å². The van der Waals surface area contributed by atoms with Crippen molar-refractivity contribution in [1.82, 2.24) is 4.90 Å². The number of carbonyl (C=O) groups is 2. The number of hydrogen-bond acceptors (Lipinski definition) is 4. The van der Waals surface area contributed by atoms with Gasteiger partial charge in [-0.2, -0.15) is 0 Å². The lowest BCUT2D eigenvalue weighted by atomic mass is 9.93. The maximum absolute atomic E-state index is 13.2. The van der Waals surface area contributed by atoms with Gasteiger partial charge in [0.2, 0.25) is 0 Å². The standard InChI is InChI=1S/C25H29NO4/c1-2-15-29-21-9-6-13-26(14-12-21)24(27)19-10-11-22-20(16-19)17-23(30-25(22)28)18-7-4-3-5-8-18/h3-5,7-8,10-11,16,21,23H,2,6,9,12-15,17H2,1H3/t21-,23+/m0/s1. The number of carbonyl (C=O) groups excluding carboxylic acids is 2. The topological polar surface area (TPSA) is 55.8 Å². The van der Waals surface area contributed by atoms with Crippen molar-refractivity contribution in [1.29, 1.82) is 0 Å². The Bertz CT molecular complexity index is 895. The summed E-state index contributed by atoms with van der Waals surface area (Å²) < 4.78 is 11.5. The molecule has 4 rings (SSSR count). The molecular weight excluding hydrogens is 378 g/mol. The number of amides is 1. The third-order valence-corrected chi connectivity index (χ3v) is 5.92. The van der Waals surface area contributed by atoms with Gasteiger partial charge in [-0.1, -0.05) is 37.3 Å². The Morgan fingerprint density at radius 1 is 1.13 bits per heavy atom. The van der Waals surface area contributed by atoms with Gasteiger partial charge >= 0.3 is 5.97 Å². The van der Waals surface area contributed by atoms with Crippen molar-refractivity contribution >= 4 is 11.9 Å². The summed E-state index contributed by atoms with van der Waals surface area (Å²) >= 11 is 0. The van der Waals surface area contributed by atoms with Gasteiger partial charge in [0.15, 0.2) is 0 Å². The number of likely N-dealkylation sites (tertiary alicyclic amines) is 1. The van der Waals surface area contributed by atoms with Gasteiger partial charge in [0.25, 0.3) is 5.91 Å². The molecule has 0 bridgehead atoms. The van der Waals surface area contributed by atoms with Crippen LogP contribution in [0, 0.1) is 0 Å². The van der Waals surface area contributed by atoms with Crippen LogP contribution in [0.1, 0.15) is 70.6 Å². The fraction of sp³-hybridized carbons (Fsp3) is 0.440. The third-order valence-electron chi connectivity index (χ3n) is 5.92. The molecule has 2 aromatic carbocycles. The molecule has 2 aromatic rings. The van der Waals surface area contributed by atoms with Gasteiger partial charge in [0.05, 0.1) is 11.7 Å². The number of cyclic esters (lactones) is 1. The molecule has 0 aliphatic carbocycles. The highest BCUT2D eigenvalue weighted by atomic mass is 16.5. The van der Waals surface area contributed by atoms with E-state index in [1.165, 1.54) is 0 Å². The van der Waals surface area contributed by atoms with Crippen LogP contribution in [0.2, 0.25) is 0 Å². The molecule has 30 heavy (non-hydrogen) atoms. The molecule has 5 nitrogen and oxygen atoms in total. The van der Waals surface area contributed by atoms with Gasteiger partial charge in [0.1, 0.15) is 6.10 Å². The molecule has 2 atom stereocenters. The van der Waals surface area contributed by atoms with Gasteiger partial charge in [-0.3, -0.25) is 4.79 Å². The minimum absolute atomic E-state index is 0.0316. The largest absolute Gasteiger partial charge is 0.454 e. The lowest BCUT2D eigenvalue weighted by Crippen LogP contribution is -2.32. The summed E-state index contributed by atoms with van der Waals surface area (Å²) in [4.78, 5) is 27.6. The van der Waals surface area contributed by atoms with Crippen molar-refractivity contribution in [3.8, 4) is 0 Å². The van der Waals surface area contributed by atoms with Crippen LogP contribution >= 0.6 is 0 Å². The first-order valence-corrected chi connectivity index (χ1v) is 11.0. The van der Waals surface area contributed by atoms with E-state index in [1.54, 1.807) is 12.1 Å². The van der Waals surface area contributed by atoms with Crippen molar-refractivity contribution in [2.24, 2.45) is 0 Å². The molecule has 0 aromatic heterocycles. The van der Waals surface area contributed by atoms with Crippen LogP contribution in [0.3, 0.4) is 0 Å². The fourth-order valence-corrected chi connectivity index (χ4v) is 4.29. The predicted molar refractivity (Wildman–Crippen MR) is 115 cm³/mol. The minimum Gasteiger partial charge on any atom is -0.454 e. The number of hydrogen-bond donors (Lipinski definition) is 0. The molecule has 0 radical (unpaired) electrons. The van der Waals surface area contributed by atoms with Crippen LogP contribution in [0.5, 0.6) is 0 Å². The number of fused-ring (bicyclic) bond motifs is 1. The fourth-order valence-electron chi connectivity index (χ4n) is 4.29. The molecule has 0 saturated carbocycles. The number of esters is 1. The van der Waals surface area contributed by atoms with Crippen LogP contribution in [-0.2, 0) is 15.9 Å². The smallest absolute Gasteiger partial charge is 0.339 e. The zero-order valence-electron chi connectivity index (χ0n) is 17.5. The quantitative estimate of drug-likeness (QED) is 0.682. The second-order valence-electron chi connectivity index (χ2n) is 8.10. The number of rotatable bonds is 5. The summed E-state index contributed by atoms with van der Waals surface area (Å²) in [5, 5.41) is 0. The molecule has 5 heteroatoms. The zero-order valence-corrected chi connectivity index (χ0v) is 17.5. The summed E-state index contributed by atoms with van der Waals surface area (Å²) in [7, 11) is 0. The highest BCUT2D eigenvalue weighted by Gasteiger charge is 2.29. The van der Waals surface area contributed by atoms with Crippen LogP contribution in [-0.4, -0.2) is 42.6 Å². The average Bonchev–Trinajstić information content (AvgIpc) is 3.03. The first-order valence-electron chi connectivity index (χ1n) is 11.0. The van der Waals surface area contributed by atoms with Crippen LogP contribution in [0.4, 0.5) is 0 Å². The van der Waals surface area contributed by atoms with Gasteiger partial charge in [0, 0.05) is 31.7 Å². The lowest BCUT2D eigenvalue weighted by Gasteiger charge is -2.26. The summed E-state index contributed by atoms with van der Waals surface area (Å²) in [6, 6.07) is 15.1. The summed E-state index contributed by atoms with van der Waals surface area (Å²) in [5.74, 6) is -0.293. The molecular formula is C25H29NO4. The molecule has 2 heterocycles. The Morgan fingerprint density at radius 2 is 1.97 bits per heavy atom. The number of ether oxygens (including phenoxy) is 2. The van der Waals surface area contributed by atoms with Crippen molar-refractivity contribution in [2.45, 2.75) is 51.2 Å². The van der Waals surface area contributed by atoms with E-state index in [9.17, 15) is 9.59 Å². The second-order valence-corrected chi connectivity index (χ2v) is 8.10. The zero-order chi connectivity index (χ0) is 20.9. The van der Waals surface area contributed by atoms with E-state index in [2.05, 4.69) is 6.92 Å². The first-order chi connectivity index (χ1) is 14.7. The van der Waals surface area contributed by atoms with E-state index in [0.29, 0.717) is 24.1 Å². The van der Waals surface area contributed by atoms with E-state index in [4.69, 9.17) is 9.47 Å². The molecule has 1 saturated heterocycles. The lowest BCUT2D eigenvalue weighted by molar-refractivity contribution is 0.0252. The monoisotopic (exact) mass is 407 g/mol. The summed E-state index contributed by atoms with van der Waals surface area (Å²) in [6.45, 7) is 4.35. The predicted octanol–water partition coefficient (Wildman–Crippen LogP) is 4.56. The minimum atomic E-state index is -0.324. The van der Waals surface area contributed by atoms with Crippen molar-refractivity contribution in [3.05, 3.63) is 70.8 Å². The normalized spacial score (nSPS) is 21.5. The maximum atomic E-state index is 13.2. The number of benzene rings is 2. The molecule has 1 fully saturated rings. The Balaban J connectivity index is 1.48. The molecule has 0 spiro atoms. The van der Waals surface area contributed by atoms with Crippen molar-refractivity contribution in [3.63, 3.8) is 0 Å². The first kappa shape index (κ1) is 20.6. The molecule has 2 aliphatic heterocycles. The van der Waals surface area contributed by atoms with Crippen LogP contribution in [0.15, 0.2) is 48.5 Å². The second kappa shape index (κ2) is 9.43. The Hall–Kier alpha value is -2.66. The van der Waals surface area contributed by atoms with Gasteiger partial charge < -0.3 is 14.4 Å². The Morgan fingerprint density at radius 3 is 2.77 bits per heavy atom. The Kier molecular flexibility index (Phi) is 6.48. The average molecular weight is 408 g/mol. The molecule has 158 valence electrons. The highest BCUT2D eigenvalue weighted by molar-refractivity contribution is 5.97. The summed E-state index contributed by atoms with van der Waals surface area (Å²) in [6.07, 6.45) is 4.35. The number of nitrogens with zero attached hydrogens (tertiary/aromatic N) is 1. The molecule has 0 N–H and O–H groups in total. The molecule has 2 aliphatic rings. The van der Waals surface area contributed by atoms with E-state index in [-0.39, 0.29) is 24.1 Å². The summed E-state index contributed by atoms with van der Waals surface area (Å²) in [5.41, 5.74) is 3.05. The van der Waals surface area contributed by atoms with Gasteiger partial charge in [-0.25, -0.2) is 4.79 Å². The van der Waals surface area contributed by atoms with Gasteiger partial charge in [-0.15, -0.1) is 0 Å². The third kappa shape index (κ3) is 4.57. The van der Waals surface area contributed by atoms with E-state index in [1.807, 2.05) is 41.3 Å². The SMILES string of the molecule is CCCO[C@H]1CCCN(C(=O)c2ccc3c(c2)C[C@H](c2ccccc2)OC3=O)CC1. The Labute approximate surface area is 178 Å². The molecule has 1 amide bonds. The van der Waals surface area contributed by atoms with E-state index < -0.39 is 0 Å². The van der Waals surface area contributed by atoms with Gasteiger partial charge in [-0.05, 0) is 55.0 Å². The highest BCUT2D eigenvalue weighted by Crippen LogP contribution is 2.31. The van der Waals surface area contributed by atoms with Crippen molar-refractivity contribution in [2.75, 3.05) is 19.7 Å².